The minimum atomic E-state index is -0.782. The smallest absolute Gasteiger partial charge is 0.168 e. The third-order valence-corrected chi connectivity index (χ3v) is 8.11. The lowest BCUT2D eigenvalue weighted by atomic mass is 9.85. The van der Waals surface area contributed by atoms with E-state index in [1.807, 2.05) is 12.3 Å². The van der Waals surface area contributed by atoms with Gasteiger partial charge in [-0.2, -0.15) is 0 Å². The molecule has 208 valence electrons. The second-order valence-corrected chi connectivity index (χ2v) is 10.8. The lowest BCUT2D eigenvalue weighted by molar-refractivity contribution is 0.0488. The van der Waals surface area contributed by atoms with E-state index in [2.05, 4.69) is 36.9 Å². The number of nitrogens with zero attached hydrogens (tertiary/aromatic N) is 6. The normalized spacial score (nSPS) is 20.1. The number of aliphatic imine (C=N–C) groups is 2. The van der Waals surface area contributed by atoms with Crippen molar-refractivity contribution in [1.29, 1.82) is 0 Å². The summed E-state index contributed by atoms with van der Waals surface area (Å²) in [5, 5.41) is 2.84. The van der Waals surface area contributed by atoms with Crippen molar-refractivity contribution >= 4 is 29.9 Å². The van der Waals surface area contributed by atoms with E-state index in [0.29, 0.717) is 30.1 Å². The van der Waals surface area contributed by atoms with Gasteiger partial charge < -0.3 is 15.0 Å². The highest BCUT2D eigenvalue weighted by molar-refractivity contribution is 6.04. The Morgan fingerprint density at radius 3 is 2.67 bits per heavy atom. The summed E-state index contributed by atoms with van der Waals surface area (Å²) in [5.74, 6) is 1.49. The van der Waals surface area contributed by atoms with Crippen LogP contribution in [0.2, 0.25) is 0 Å². The van der Waals surface area contributed by atoms with Crippen molar-refractivity contribution in [3.8, 4) is 0 Å². The molecule has 1 atom stereocenters. The van der Waals surface area contributed by atoms with Crippen molar-refractivity contribution in [3.05, 3.63) is 71.3 Å². The number of hydrogen-bond donors (Lipinski definition) is 1. The average molecular weight is 546 g/mol. The van der Waals surface area contributed by atoms with Crippen molar-refractivity contribution in [2.45, 2.75) is 44.6 Å². The maximum Gasteiger partial charge on any atom is 0.168 e. The lowest BCUT2D eigenvalue weighted by Crippen LogP contribution is -2.32. The van der Waals surface area contributed by atoms with Gasteiger partial charge in [0.2, 0.25) is 0 Å². The predicted molar refractivity (Wildman–Crippen MR) is 151 cm³/mol. The minimum Gasteiger partial charge on any atom is -0.381 e. The molecule has 10 heteroatoms. The van der Waals surface area contributed by atoms with Crippen LogP contribution in [0.25, 0.3) is 0 Å². The van der Waals surface area contributed by atoms with E-state index in [4.69, 9.17) is 9.73 Å². The van der Waals surface area contributed by atoms with Gasteiger partial charge in [0, 0.05) is 50.3 Å². The Bertz CT molecular complexity index is 1400. The molecule has 0 bridgehead atoms. The molecule has 3 fully saturated rings. The molecular weight excluding hydrogens is 512 g/mol. The van der Waals surface area contributed by atoms with Gasteiger partial charge in [-0.1, -0.05) is 0 Å². The van der Waals surface area contributed by atoms with Crippen LogP contribution in [0.1, 0.15) is 54.7 Å². The molecule has 40 heavy (non-hydrogen) atoms. The third kappa shape index (κ3) is 5.86. The molecule has 2 aliphatic heterocycles. The van der Waals surface area contributed by atoms with Crippen LogP contribution in [-0.2, 0) is 11.3 Å². The SMILES string of the molecule is C=Nc1cncc(C2CC2)c1C(=NCc1ccnc(Nc2ncc(F)cc2F)c1)N1CCC(C2CCOCC2)C1. The van der Waals surface area contributed by atoms with Crippen molar-refractivity contribution in [3.63, 3.8) is 0 Å². The van der Waals surface area contributed by atoms with Gasteiger partial charge in [0.25, 0.3) is 0 Å². The predicted octanol–water partition coefficient (Wildman–Crippen LogP) is 5.80. The minimum absolute atomic E-state index is 0.0842. The van der Waals surface area contributed by atoms with Crippen LogP contribution in [0.15, 0.2) is 53.0 Å². The molecule has 3 aliphatic rings. The fourth-order valence-electron chi connectivity index (χ4n) is 5.86. The molecule has 3 aromatic heterocycles. The molecule has 8 nitrogen and oxygen atoms in total. The molecule has 5 heterocycles. The van der Waals surface area contributed by atoms with Crippen molar-refractivity contribution in [2.24, 2.45) is 21.8 Å². The number of amidine groups is 1. The van der Waals surface area contributed by atoms with Gasteiger partial charge in [0.05, 0.1) is 24.6 Å². The molecule has 0 spiro atoms. The van der Waals surface area contributed by atoms with Gasteiger partial charge in [0.15, 0.2) is 11.6 Å². The number of likely N-dealkylation sites (tertiary alicyclic amines) is 1. The van der Waals surface area contributed by atoms with E-state index in [1.54, 1.807) is 18.5 Å². The summed E-state index contributed by atoms with van der Waals surface area (Å²) >= 11 is 0. The molecule has 2 saturated heterocycles. The van der Waals surface area contributed by atoms with E-state index in [-0.39, 0.29) is 5.82 Å². The topological polar surface area (TPSA) is 87.9 Å². The van der Waals surface area contributed by atoms with Crippen LogP contribution in [0.3, 0.4) is 0 Å². The molecule has 1 unspecified atom stereocenters. The quantitative estimate of drug-likeness (QED) is 0.284. The summed E-state index contributed by atoms with van der Waals surface area (Å²) in [7, 11) is 0. The molecule has 6 rings (SSSR count). The fourth-order valence-corrected chi connectivity index (χ4v) is 5.86. The van der Waals surface area contributed by atoms with Crippen LogP contribution >= 0.6 is 0 Å². The summed E-state index contributed by atoms with van der Waals surface area (Å²) in [5.41, 5.74) is 3.87. The maximum atomic E-state index is 14.2. The number of aromatic nitrogens is 3. The van der Waals surface area contributed by atoms with Gasteiger partial charge >= 0.3 is 0 Å². The number of anilines is 2. The summed E-state index contributed by atoms with van der Waals surface area (Å²) in [6.45, 7) is 7.81. The Kier molecular flexibility index (Phi) is 7.77. The van der Waals surface area contributed by atoms with Gasteiger partial charge in [-0.3, -0.25) is 15.0 Å². The lowest BCUT2D eigenvalue weighted by Gasteiger charge is -2.29. The largest absolute Gasteiger partial charge is 0.381 e. The third-order valence-electron chi connectivity index (χ3n) is 8.11. The first-order valence-corrected chi connectivity index (χ1v) is 13.9. The van der Waals surface area contributed by atoms with E-state index in [1.165, 1.54) is 5.56 Å². The fraction of sp³-hybridized carbons (Fsp3) is 0.433. The van der Waals surface area contributed by atoms with Crippen molar-refractivity contribution in [2.75, 3.05) is 31.6 Å². The van der Waals surface area contributed by atoms with Gasteiger partial charge in [-0.05, 0) is 79.8 Å². The number of rotatable bonds is 8. The second-order valence-electron chi connectivity index (χ2n) is 10.8. The molecule has 0 radical (unpaired) electrons. The van der Waals surface area contributed by atoms with Crippen LogP contribution in [0.4, 0.5) is 26.1 Å². The Labute approximate surface area is 232 Å². The Balaban J connectivity index is 1.30. The maximum absolute atomic E-state index is 14.2. The van der Waals surface area contributed by atoms with Crippen molar-refractivity contribution in [1.82, 2.24) is 19.9 Å². The number of pyridine rings is 3. The molecule has 1 N–H and O–H groups in total. The van der Waals surface area contributed by atoms with E-state index < -0.39 is 11.6 Å². The highest BCUT2D eigenvalue weighted by atomic mass is 19.1. The van der Waals surface area contributed by atoms with Crippen LogP contribution in [0, 0.1) is 23.5 Å². The molecule has 0 aromatic carbocycles. The van der Waals surface area contributed by atoms with E-state index in [9.17, 15) is 8.78 Å². The summed E-state index contributed by atoms with van der Waals surface area (Å²) < 4.78 is 33.0. The monoisotopic (exact) mass is 545 g/mol. The number of halogens is 2. The summed E-state index contributed by atoms with van der Waals surface area (Å²) in [6, 6.07) is 4.48. The highest BCUT2D eigenvalue weighted by Gasteiger charge is 2.35. The zero-order valence-electron chi connectivity index (χ0n) is 22.4. The summed E-state index contributed by atoms with van der Waals surface area (Å²) in [4.78, 5) is 24.5. The molecule has 3 aromatic rings. The summed E-state index contributed by atoms with van der Waals surface area (Å²) in [6.07, 6.45) is 12.0. The van der Waals surface area contributed by atoms with Crippen LogP contribution < -0.4 is 5.32 Å². The highest BCUT2D eigenvalue weighted by Crippen LogP contribution is 2.44. The van der Waals surface area contributed by atoms with Gasteiger partial charge in [-0.15, -0.1) is 0 Å². The molecule has 1 aliphatic carbocycles. The Hall–Kier alpha value is -3.79. The van der Waals surface area contributed by atoms with Gasteiger partial charge in [-0.25, -0.2) is 18.7 Å². The van der Waals surface area contributed by atoms with Crippen molar-refractivity contribution < 1.29 is 13.5 Å². The molecule has 1 saturated carbocycles. The number of ether oxygens (including phenoxy) is 1. The molecular formula is C30H33F2N7O. The van der Waals surface area contributed by atoms with E-state index in [0.717, 1.165) is 93.3 Å². The first-order valence-electron chi connectivity index (χ1n) is 13.9. The zero-order chi connectivity index (χ0) is 27.5. The van der Waals surface area contributed by atoms with Gasteiger partial charge in [0.1, 0.15) is 17.5 Å². The Morgan fingerprint density at radius 2 is 1.90 bits per heavy atom. The van der Waals surface area contributed by atoms with E-state index >= 15 is 0 Å². The van der Waals surface area contributed by atoms with Crippen LogP contribution in [-0.4, -0.2) is 58.7 Å². The second kappa shape index (κ2) is 11.8. The number of nitrogens with one attached hydrogen (secondary N) is 1. The first kappa shape index (κ1) is 26.4. The molecule has 0 amide bonds. The Morgan fingerprint density at radius 1 is 1.05 bits per heavy atom. The zero-order valence-corrected chi connectivity index (χ0v) is 22.4. The average Bonchev–Trinajstić information content (AvgIpc) is 3.71. The first-order chi connectivity index (χ1) is 19.6. The number of hydrogen-bond acceptors (Lipinski definition) is 7. The van der Waals surface area contributed by atoms with Crippen LogP contribution in [0.5, 0.6) is 0 Å². The standard InChI is InChI=1S/C30H33F2N7O/c1-33-26-17-34-16-24(21-2-3-21)28(26)30(39-9-5-22(18-39)20-6-10-40-11-7-20)37-14-19-4-8-35-27(12-19)38-29-25(32)13-23(31)15-36-29/h4,8,12-13,15-17,20-22H,1-3,5-7,9-11,14,18H2,(H,35,36,38).